The number of nitrogens with zero attached hydrogens (tertiary/aromatic N) is 3. The fourth-order valence-corrected chi connectivity index (χ4v) is 4.15. The summed E-state index contributed by atoms with van der Waals surface area (Å²) in [6.07, 6.45) is 4.22. The summed E-state index contributed by atoms with van der Waals surface area (Å²) in [6, 6.07) is 9.57. The highest BCUT2D eigenvalue weighted by Crippen LogP contribution is 2.26. The molecule has 1 aliphatic rings. The number of carbonyl (C=O) groups is 1. The third kappa shape index (κ3) is 4.62. The molecule has 1 N–H and O–H groups in total. The van der Waals surface area contributed by atoms with E-state index in [-0.39, 0.29) is 17.5 Å². The minimum atomic E-state index is -0.321. The minimum Gasteiger partial charge on any atom is -0.325 e. The number of fused-ring (bicyclic) bond motifs is 1. The van der Waals surface area contributed by atoms with E-state index in [0.717, 1.165) is 25.8 Å². The predicted octanol–water partition coefficient (Wildman–Crippen LogP) is 4.65. The van der Waals surface area contributed by atoms with E-state index in [4.69, 9.17) is 34.8 Å². The Morgan fingerprint density at radius 1 is 1.10 bits per heavy atom. The molecule has 1 saturated heterocycles. The summed E-state index contributed by atoms with van der Waals surface area (Å²) in [5.74, 6) is -0.114. The van der Waals surface area contributed by atoms with Gasteiger partial charge in [-0.3, -0.25) is 18.9 Å². The molecule has 30 heavy (non-hydrogen) atoms. The largest absolute Gasteiger partial charge is 0.325 e. The molecule has 4 rings (SSSR count). The van der Waals surface area contributed by atoms with Crippen LogP contribution in [0.2, 0.25) is 15.1 Å². The molecule has 0 bridgehead atoms. The van der Waals surface area contributed by atoms with Gasteiger partial charge in [-0.25, -0.2) is 4.98 Å². The van der Waals surface area contributed by atoms with E-state index in [2.05, 4.69) is 15.2 Å². The number of aromatic nitrogens is 2. The highest BCUT2D eigenvalue weighted by molar-refractivity contribution is 6.42. The molecule has 1 atom stereocenters. The monoisotopic (exact) mass is 464 g/mol. The Balaban J connectivity index is 1.54. The van der Waals surface area contributed by atoms with Crippen LogP contribution in [0.5, 0.6) is 0 Å². The Bertz CT molecular complexity index is 1160. The van der Waals surface area contributed by atoms with Gasteiger partial charge in [0.05, 0.1) is 26.8 Å². The highest BCUT2D eigenvalue weighted by atomic mass is 35.5. The zero-order chi connectivity index (χ0) is 21.3. The maximum Gasteiger partial charge on any atom is 0.258 e. The number of hydrogen-bond donors (Lipinski definition) is 1. The van der Waals surface area contributed by atoms with E-state index in [1.807, 2.05) is 0 Å². The van der Waals surface area contributed by atoms with Crippen molar-refractivity contribution in [3.05, 3.63) is 73.7 Å². The van der Waals surface area contributed by atoms with Crippen LogP contribution in [0.4, 0.5) is 5.69 Å². The van der Waals surface area contributed by atoms with Crippen molar-refractivity contribution >= 4 is 52.0 Å². The fraction of sp³-hybridized carbons (Fsp3) is 0.286. The van der Waals surface area contributed by atoms with Crippen LogP contribution in [0.15, 0.2) is 47.4 Å². The Morgan fingerprint density at radius 3 is 2.73 bits per heavy atom. The van der Waals surface area contributed by atoms with Crippen molar-refractivity contribution in [1.29, 1.82) is 0 Å². The number of piperidine rings is 1. The van der Waals surface area contributed by atoms with E-state index < -0.39 is 0 Å². The zero-order valence-corrected chi connectivity index (χ0v) is 18.2. The van der Waals surface area contributed by atoms with Gasteiger partial charge in [-0.1, -0.05) is 41.2 Å². The van der Waals surface area contributed by atoms with Crippen LogP contribution in [0, 0.1) is 0 Å². The molecule has 0 spiro atoms. The number of carbonyl (C=O) groups excluding carboxylic acids is 1. The lowest BCUT2D eigenvalue weighted by molar-refractivity contribution is -0.122. The number of rotatable bonds is 4. The van der Waals surface area contributed by atoms with Gasteiger partial charge in [-0.2, -0.15) is 0 Å². The fourth-order valence-electron chi connectivity index (χ4n) is 3.69. The average molecular weight is 466 g/mol. The van der Waals surface area contributed by atoms with Crippen LogP contribution < -0.4 is 10.9 Å². The molecule has 3 aromatic rings. The number of pyridine rings is 1. The summed E-state index contributed by atoms with van der Waals surface area (Å²) in [4.78, 5) is 32.0. The summed E-state index contributed by atoms with van der Waals surface area (Å²) < 4.78 is 1.41. The number of hydrogen-bond acceptors (Lipinski definition) is 4. The van der Waals surface area contributed by atoms with Crippen molar-refractivity contribution in [3.8, 4) is 0 Å². The van der Waals surface area contributed by atoms with E-state index in [1.165, 1.54) is 10.5 Å². The lowest BCUT2D eigenvalue weighted by Gasteiger charge is -2.34. The van der Waals surface area contributed by atoms with Crippen molar-refractivity contribution in [3.63, 3.8) is 0 Å². The van der Waals surface area contributed by atoms with E-state index in [0.29, 0.717) is 38.6 Å². The van der Waals surface area contributed by atoms with Crippen LogP contribution in [0.25, 0.3) is 5.65 Å². The molecule has 1 fully saturated rings. The second-order valence-corrected chi connectivity index (χ2v) is 8.51. The van der Waals surface area contributed by atoms with Crippen molar-refractivity contribution in [2.24, 2.45) is 0 Å². The second-order valence-electron chi connectivity index (χ2n) is 7.26. The molecule has 2 aromatic heterocycles. The van der Waals surface area contributed by atoms with Crippen LogP contribution in [-0.4, -0.2) is 32.8 Å². The zero-order valence-electron chi connectivity index (χ0n) is 15.9. The van der Waals surface area contributed by atoms with Crippen LogP contribution in [0.1, 0.15) is 25.0 Å². The standard InChI is InChI=1S/C21H19Cl3N4O2/c22-13-4-7-19-25-15(10-20(29)28(19)11-13)12-27-8-2-1-3-18(27)21(30)26-14-5-6-16(23)17(24)9-14/h4-7,9-11,18H,1-3,8,12H2,(H,26,30). The van der Waals surface area contributed by atoms with E-state index >= 15 is 0 Å². The van der Waals surface area contributed by atoms with Gasteiger partial charge < -0.3 is 5.32 Å². The maximum absolute atomic E-state index is 13.0. The number of anilines is 1. The lowest BCUT2D eigenvalue weighted by atomic mass is 10.0. The summed E-state index contributed by atoms with van der Waals surface area (Å²) in [5.41, 5.74) is 1.54. The van der Waals surface area contributed by atoms with E-state index in [9.17, 15) is 9.59 Å². The quantitative estimate of drug-likeness (QED) is 0.609. The number of nitrogens with one attached hydrogen (secondary N) is 1. The SMILES string of the molecule is O=C(Nc1ccc(Cl)c(Cl)c1)C1CCCCN1Cc1cc(=O)n2cc(Cl)ccc2n1. The summed E-state index contributed by atoms with van der Waals surface area (Å²) >= 11 is 18.0. The Kier molecular flexibility index (Phi) is 6.29. The molecule has 3 heterocycles. The first-order valence-electron chi connectivity index (χ1n) is 9.58. The summed E-state index contributed by atoms with van der Waals surface area (Å²) in [6.45, 7) is 1.16. The van der Waals surface area contributed by atoms with Gasteiger partial charge in [-0.05, 0) is 49.7 Å². The lowest BCUT2D eigenvalue weighted by Crippen LogP contribution is -2.46. The Hall–Kier alpha value is -2.12. The molecule has 156 valence electrons. The van der Waals surface area contributed by atoms with Crippen molar-refractivity contribution in [1.82, 2.24) is 14.3 Å². The molecule has 0 aliphatic carbocycles. The first-order valence-corrected chi connectivity index (χ1v) is 10.7. The third-order valence-corrected chi connectivity index (χ3v) is 6.11. The first-order chi connectivity index (χ1) is 14.4. The number of halogens is 3. The molecule has 0 saturated carbocycles. The summed E-state index contributed by atoms with van der Waals surface area (Å²) in [5, 5.41) is 4.20. The molecule has 9 heteroatoms. The van der Waals surface area contributed by atoms with Gasteiger partial charge in [0.1, 0.15) is 5.65 Å². The maximum atomic E-state index is 13.0. The van der Waals surface area contributed by atoms with Crippen LogP contribution in [0.3, 0.4) is 0 Å². The molecule has 1 amide bonds. The van der Waals surface area contributed by atoms with E-state index in [1.54, 1.807) is 36.5 Å². The van der Waals surface area contributed by atoms with Crippen molar-refractivity contribution < 1.29 is 4.79 Å². The number of benzene rings is 1. The molecule has 6 nitrogen and oxygen atoms in total. The second kappa shape index (κ2) is 8.94. The highest BCUT2D eigenvalue weighted by Gasteiger charge is 2.29. The van der Waals surface area contributed by atoms with Crippen molar-refractivity contribution in [2.45, 2.75) is 31.8 Å². The average Bonchev–Trinajstić information content (AvgIpc) is 2.72. The van der Waals surface area contributed by atoms with Crippen LogP contribution in [-0.2, 0) is 11.3 Å². The molecule has 1 unspecified atom stereocenters. The normalized spacial score (nSPS) is 17.2. The molecular formula is C21H19Cl3N4O2. The third-order valence-electron chi connectivity index (χ3n) is 5.15. The topological polar surface area (TPSA) is 66.7 Å². The smallest absolute Gasteiger partial charge is 0.258 e. The predicted molar refractivity (Wildman–Crippen MR) is 120 cm³/mol. The molecule has 0 radical (unpaired) electrons. The van der Waals surface area contributed by atoms with Crippen LogP contribution >= 0.6 is 34.8 Å². The molecule has 1 aromatic carbocycles. The Labute approximate surface area is 188 Å². The number of likely N-dealkylation sites (tertiary alicyclic amines) is 1. The minimum absolute atomic E-state index is 0.114. The molecular weight excluding hydrogens is 447 g/mol. The van der Waals surface area contributed by atoms with Gasteiger partial charge in [0, 0.05) is 24.5 Å². The van der Waals surface area contributed by atoms with Gasteiger partial charge in [0.2, 0.25) is 5.91 Å². The summed E-state index contributed by atoms with van der Waals surface area (Å²) in [7, 11) is 0. The van der Waals surface area contributed by atoms with Gasteiger partial charge >= 0.3 is 0 Å². The van der Waals surface area contributed by atoms with Gasteiger partial charge in [-0.15, -0.1) is 0 Å². The first kappa shape index (κ1) is 21.1. The Morgan fingerprint density at radius 2 is 1.93 bits per heavy atom. The van der Waals surface area contributed by atoms with Crippen molar-refractivity contribution in [2.75, 3.05) is 11.9 Å². The number of amides is 1. The van der Waals surface area contributed by atoms with Gasteiger partial charge in [0.25, 0.3) is 5.56 Å². The van der Waals surface area contributed by atoms with Gasteiger partial charge in [0.15, 0.2) is 0 Å². The molecule has 1 aliphatic heterocycles.